The van der Waals surface area contributed by atoms with Gasteiger partial charge in [-0.1, -0.05) is 24.2 Å². The molecule has 1 aliphatic carbocycles. The topological polar surface area (TPSA) is 138 Å². The third kappa shape index (κ3) is 4.89. The highest BCUT2D eigenvalue weighted by Crippen LogP contribution is 2.46. The molecule has 2 fully saturated rings. The summed E-state index contributed by atoms with van der Waals surface area (Å²) in [6.45, 7) is 9.92. The second kappa shape index (κ2) is 10.3. The minimum absolute atomic E-state index is 0.000442. The molecule has 11 nitrogen and oxygen atoms in total. The third-order valence-corrected chi connectivity index (χ3v) is 8.44. The minimum atomic E-state index is -0.373. The molecule has 1 saturated carbocycles. The fraction of sp³-hybridized carbons (Fsp3) is 0.355. The number of anilines is 1. The second-order valence-electron chi connectivity index (χ2n) is 11.6. The van der Waals surface area contributed by atoms with E-state index in [9.17, 15) is 4.79 Å². The Kier molecular flexibility index (Phi) is 6.46. The molecule has 1 unspecified atom stereocenters. The Balaban J connectivity index is 1.10. The highest BCUT2D eigenvalue weighted by Gasteiger charge is 2.44. The second-order valence-corrected chi connectivity index (χ2v) is 11.6. The lowest BCUT2D eigenvalue weighted by Gasteiger charge is -2.28. The minimum Gasteiger partial charge on any atom is -0.354 e. The molecule has 11 heteroatoms. The molecule has 2 aliphatic rings. The molecular weight excluding hydrogens is 530 g/mol. The lowest BCUT2D eigenvalue weighted by Crippen LogP contribution is -2.43. The van der Waals surface area contributed by atoms with Gasteiger partial charge in [-0.05, 0) is 62.1 Å². The predicted octanol–water partition coefficient (Wildman–Crippen LogP) is 4.33. The molecule has 1 saturated heterocycles. The Labute approximate surface area is 243 Å². The van der Waals surface area contributed by atoms with Gasteiger partial charge in [0.15, 0.2) is 5.82 Å². The number of hydrogen-bond donors (Lipinski definition) is 3. The SMILES string of the molecule is Cc1cc(-c2ncnc3[nH]c(-c4ccc(N5CCNCC5)nc4)cc23)ccc1C(C)NC(=O)c1nc(C2(C)CC2)no1. The van der Waals surface area contributed by atoms with Gasteiger partial charge in [-0.25, -0.2) is 15.0 Å². The molecule has 7 rings (SSSR count). The van der Waals surface area contributed by atoms with Gasteiger partial charge >= 0.3 is 11.8 Å². The van der Waals surface area contributed by atoms with E-state index in [0.717, 1.165) is 89.5 Å². The standard InChI is InChI=1S/C31H33N9O2/c1-18-14-20(4-6-22(18)19(2)36-28(41)29-38-30(39-42-29)31(3)8-9-31)26-23-15-24(37-27(23)35-17-34-26)21-5-7-25(33-16-21)40-12-10-32-11-13-40/h4-7,14-17,19,32H,8-13H2,1-3H3,(H,36,41)(H,34,35,37). The van der Waals surface area contributed by atoms with Crippen molar-refractivity contribution in [2.75, 3.05) is 31.1 Å². The van der Waals surface area contributed by atoms with Gasteiger partial charge in [0, 0.05) is 60.0 Å². The zero-order valence-electron chi connectivity index (χ0n) is 23.9. The van der Waals surface area contributed by atoms with Gasteiger partial charge in [-0.2, -0.15) is 4.98 Å². The zero-order valence-corrected chi connectivity index (χ0v) is 23.9. The fourth-order valence-electron chi connectivity index (χ4n) is 5.57. The maximum absolute atomic E-state index is 12.8. The summed E-state index contributed by atoms with van der Waals surface area (Å²) >= 11 is 0. The van der Waals surface area contributed by atoms with Crippen LogP contribution in [-0.4, -0.2) is 62.2 Å². The molecule has 1 amide bonds. The number of nitrogens with one attached hydrogen (secondary N) is 3. The van der Waals surface area contributed by atoms with Crippen molar-refractivity contribution in [3.8, 4) is 22.5 Å². The smallest absolute Gasteiger partial charge is 0.315 e. The molecule has 5 aromatic rings. The molecule has 0 radical (unpaired) electrons. The van der Waals surface area contributed by atoms with Crippen LogP contribution in [0.5, 0.6) is 0 Å². The number of rotatable bonds is 7. The number of benzene rings is 1. The molecule has 0 spiro atoms. The first-order valence-electron chi connectivity index (χ1n) is 14.4. The zero-order chi connectivity index (χ0) is 28.8. The van der Waals surface area contributed by atoms with E-state index in [1.807, 2.05) is 32.2 Å². The van der Waals surface area contributed by atoms with Crippen molar-refractivity contribution in [2.45, 2.75) is 45.1 Å². The fourth-order valence-corrected chi connectivity index (χ4v) is 5.57. The molecular formula is C31H33N9O2. The van der Waals surface area contributed by atoms with Crippen molar-refractivity contribution in [1.82, 2.24) is 40.7 Å². The molecule has 1 atom stereocenters. The molecule has 3 N–H and O–H groups in total. The number of aromatic amines is 1. The monoisotopic (exact) mass is 563 g/mol. The lowest BCUT2D eigenvalue weighted by atomic mass is 9.97. The van der Waals surface area contributed by atoms with E-state index in [1.54, 1.807) is 6.33 Å². The number of fused-ring (bicyclic) bond motifs is 1. The van der Waals surface area contributed by atoms with E-state index >= 15 is 0 Å². The van der Waals surface area contributed by atoms with Crippen molar-refractivity contribution in [1.29, 1.82) is 0 Å². The Hall–Kier alpha value is -4.64. The molecule has 5 heterocycles. The quantitative estimate of drug-likeness (QED) is 0.264. The number of pyridine rings is 1. The maximum atomic E-state index is 12.8. The van der Waals surface area contributed by atoms with E-state index in [1.165, 1.54) is 0 Å². The summed E-state index contributed by atoms with van der Waals surface area (Å²) in [5.41, 5.74) is 6.49. The summed E-state index contributed by atoms with van der Waals surface area (Å²) in [4.78, 5) is 36.7. The van der Waals surface area contributed by atoms with E-state index in [2.05, 4.69) is 71.8 Å². The maximum Gasteiger partial charge on any atom is 0.315 e. The Morgan fingerprint density at radius 2 is 1.88 bits per heavy atom. The van der Waals surface area contributed by atoms with Crippen LogP contribution in [0.4, 0.5) is 5.82 Å². The number of H-pyrrole nitrogens is 1. The van der Waals surface area contributed by atoms with Crippen molar-refractivity contribution in [3.05, 3.63) is 71.8 Å². The number of carbonyl (C=O) groups is 1. The summed E-state index contributed by atoms with van der Waals surface area (Å²) in [5, 5.41) is 11.3. The normalized spacial score (nSPS) is 16.9. The summed E-state index contributed by atoms with van der Waals surface area (Å²) < 4.78 is 5.25. The van der Waals surface area contributed by atoms with Crippen molar-refractivity contribution in [3.63, 3.8) is 0 Å². The average molecular weight is 564 g/mol. The van der Waals surface area contributed by atoms with Crippen LogP contribution in [0, 0.1) is 6.92 Å². The number of amides is 1. The summed E-state index contributed by atoms with van der Waals surface area (Å²) in [7, 11) is 0. The van der Waals surface area contributed by atoms with Gasteiger partial charge < -0.3 is 25.0 Å². The van der Waals surface area contributed by atoms with Gasteiger partial charge in [0.25, 0.3) is 0 Å². The van der Waals surface area contributed by atoms with E-state index in [-0.39, 0.29) is 23.3 Å². The van der Waals surface area contributed by atoms with Gasteiger partial charge in [0.2, 0.25) is 0 Å². The molecule has 42 heavy (non-hydrogen) atoms. The first-order chi connectivity index (χ1) is 20.4. The predicted molar refractivity (Wildman–Crippen MR) is 159 cm³/mol. The van der Waals surface area contributed by atoms with E-state index in [0.29, 0.717) is 5.82 Å². The van der Waals surface area contributed by atoms with Crippen LogP contribution < -0.4 is 15.5 Å². The molecule has 4 aromatic heterocycles. The van der Waals surface area contributed by atoms with E-state index < -0.39 is 0 Å². The van der Waals surface area contributed by atoms with Crippen LogP contribution >= 0.6 is 0 Å². The summed E-state index contributed by atoms with van der Waals surface area (Å²) in [6.07, 6.45) is 5.51. The van der Waals surface area contributed by atoms with Crippen LogP contribution in [-0.2, 0) is 5.41 Å². The molecule has 1 aliphatic heterocycles. The Morgan fingerprint density at radius 1 is 1.07 bits per heavy atom. The van der Waals surface area contributed by atoms with Crippen LogP contribution in [0.15, 0.2) is 53.4 Å². The highest BCUT2D eigenvalue weighted by atomic mass is 16.5. The third-order valence-electron chi connectivity index (χ3n) is 8.44. The Bertz CT molecular complexity index is 1770. The summed E-state index contributed by atoms with van der Waals surface area (Å²) in [5.74, 6) is 1.22. The summed E-state index contributed by atoms with van der Waals surface area (Å²) in [6, 6.07) is 12.2. The van der Waals surface area contributed by atoms with E-state index in [4.69, 9.17) is 9.51 Å². The first-order valence-corrected chi connectivity index (χ1v) is 14.4. The molecule has 214 valence electrons. The molecule has 1 aromatic carbocycles. The van der Waals surface area contributed by atoms with Crippen LogP contribution in [0.2, 0.25) is 0 Å². The Morgan fingerprint density at radius 3 is 2.62 bits per heavy atom. The average Bonchev–Trinajstić information content (AvgIpc) is 3.38. The van der Waals surface area contributed by atoms with Gasteiger partial charge in [-0.3, -0.25) is 4.79 Å². The molecule has 0 bridgehead atoms. The highest BCUT2D eigenvalue weighted by molar-refractivity contribution is 5.94. The van der Waals surface area contributed by atoms with Crippen LogP contribution in [0.1, 0.15) is 60.4 Å². The number of hydrogen-bond acceptors (Lipinski definition) is 9. The largest absolute Gasteiger partial charge is 0.354 e. The van der Waals surface area contributed by atoms with Gasteiger partial charge in [-0.15, -0.1) is 0 Å². The first kappa shape index (κ1) is 26.3. The number of aromatic nitrogens is 6. The number of aryl methyl sites for hydroxylation is 1. The van der Waals surface area contributed by atoms with Gasteiger partial charge in [0.1, 0.15) is 17.8 Å². The van der Waals surface area contributed by atoms with Crippen molar-refractivity contribution < 1.29 is 9.32 Å². The number of piperazine rings is 1. The lowest BCUT2D eigenvalue weighted by molar-refractivity contribution is 0.0895. The number of carbonyl (C=O) groups excluding carboxylic acids is 1. The number of nitrogens with zero attached hydrogens (tertiary/aromatic N) is 6. The van der Waals surface area contributed by atoms with Gasteiger partial charge in [0.05, 0.1) is 11.7 Å². The van der Waals surface area contributed by atoms with Crippen LogP contribution in [0.3, 0.4) is 0 Å². The van der Waals surface area contributed by atoms with Crippen molar-refractivity contribution in [2.24, 2.45) is 0 Å². The van der Waals surface area contributed by atoms with Crippen molar-refractivity contribution >= 4 is 22.8 Å². The van der Waals surface area contributed by atoms with Crippen LogP contribution in [0.25, 0.3) is 33.5 Å².